The summed E-state index contributed by atoms with van der Waals surface area (Å²) in [6.07, 6.45) is 0.798. The van der Waals surface area contributed by atoms with Gasteiger partial charge in [-0.2, -0.15) is 0 Å². The molecular formula is C23H15NNa2O8S. The Kier molecular flexibility index (Phi) is 10.2. The molecule has 0 spiro atoms. The molecule has 1 atom stereocenters. The number of aryl methyl sites for hydroxylation is 1. The van der Waals surface area contributed by atoms with Gasteiger partial charge in [-0.1, -0.05) is 31.5 Å². The number of aromatic carboxylic acids is 2. The van der Waals surface area contributed by atoms with E-state index in [2.05, 4.69) is 4.98 Å². The summed E-state index contributed by atoms with van der Waals surface area (Å²) in [5.41, 5.74) is -0.826. The summed E-state index contributed by atoms with van der Waals surface area (Å²) in [4.78, 5) is 39.7. The summed E-state index contributed by atoms with van der Waals surface area (Å²) >= 11 is -2.18. The number of carbonyl (C=O) groups is 2. The summed E-state index contributed by atoms with van der Waals surface area (Å²) in [7, 11) is 0. The third-order valence-corrected chi connectivity index (χ3v) is 5.90. The van der Waals surface area contributed by atoms with Gasteiger partial charge in [0.15, 0.2) is 11.2 Å². The minimum Gasteiger partial charge on any atom is -0.543 e. The van der Waals surface area contributed by atoms with Gasteiger partial charge in [0.2, 0.25) is 11.1 Å². The molecule has 4 rings (SSSR count). The molecule has 9 nitrogen and oxygen atoms in total. The van der Waals surface area contributed by atoms with E-state index in [1.807, 2.05) is 6.92 Å². The van der Waals surface area contributed by atoms with Crippen LogP contribution in [0.4, 0.5) is 0 Å². The summed E-state index contributed by atoms with van der Waals surface area (Å²) in [6, 6.07) is 11.4. The third-order valence-electron chi connectivity index (χ3n) is 4.86. The number of aromatic nitrogens is 1. The first-order chi connectivity index (χ1) is 15.8. The fourth-order valence-electron chi connectivity index (χ4n) is 3.45. The van der Waals surface area contributed by atoms with Crippen molar-refractivity contribution < 1.29 is 91.7 Å². The number of hydrogen-bond donors (Lipinski definition) is 0. The van der Waals surface area contributed by atoms with Crippen LogP contribution >= 0.6 is 0 Å². The van der Waals surface area contributed by atoms with Crippen LogP contribution in [0.2, 0.25) is 0 Å². The number of pyridine rings is 1. The second-order valence-electron chi connectivity index (χ2n) is 7.06. The molecule has 0 N–H and O–H groups in total. The summed E-state index contributed by atoms with van der Waals surface area (Å²) in [5.74, 6) is -3.67. The van der Waals surface area contributed by atoms with Crippen LogP contribution in [-0.4, -0.2) is 21.1 Å². The van der Waals surface area contributed by atoms with Gasteiger partial charge in [0.1, 0.15) is 17.3 Å². The molecule has 168 valence electrons. The van der Waals surface area contributed by atoms with E-state index in [4.69, 9.17) is 8.60 Å². The largest absolute Gasteiger partial charge is 1.00 e. The minimum atomic E-state index is -2.18. The molecule has 0 saturated carbocycles. The molecule has 0 aliphatic rings. The molecule has 0 fully saturated rings. The van der Waals surface area contributed by atoms with Gasteiger partial charge >= 0.3 is 59.1 Å². The zero-order chi connectivity index (χ0) is 23.7. The number of rotatable bonds is 7. The maximum Gasteiger partial charge on any atom is 1.00 e. The molecule has 0 saturated heterocycles. The maximum atomic E-state index is 13.1. The number of carboxylic acids is 2. The van der Waals surface area contributed by atoms with Crippen molar-refractivity contribution >= 4 is 44.9 Å². The average Bonchev–Trinajstić information content (AvgIpc) is 2.79. The normalized spacial score (nSPS) is 11.3. The molecular weight excluding hydrogens is 496 g/mol. The Labute approximate surface area is 245 Å². The van der Waals surface area contributed by atoms with Crippen LogP contribution in [0.1, 0.15) is 40.0 Å². The van der Waals surface area contributed by atoms with E-state index in [-0.39, 0.29) is 98.1 Å². The third kappa shape index (κ3) is 6.03. The van der Waals surface area contributed by atoms with Gasteiger partial charge in [0.25, 0.3) is 0 Å². The van der Waals surface area contributed by atoms with Crippen LogP contribution in [0.3, 0.4) is 0 Å². The van der Waals surface area contributed by atoms with Crippen LogP contribution in [0, 0.1) is 0 Å². The number of carboxylic acid groups (broad SMARTS) is 2. The molecule has 2 aromatic heterocycles. The topological polar surface area (TPSA) is 150 Å². The van der Waals surface area contributed by atoms with Crippen molar-refractivity contribution in [3.8, 4) is 5.75 Å². The van der Waals surface area contributed by atoms with Crippen molar-refractivity contribution in [1.82, 2.24) is 4.98 Å². The number of hydrogen-bond acceptors (Lipinski definition) is 9. The molecule has 0 bridgehead atoms. The molecule has 0 amide bonds. The van der Waals surface area contributed by atoms with Crippen LogP contribution in [0.5, 0.6) is 5.75 Å². The molecule has 1 unspecified atom stereocenters. The Morgan fingerprint density at radius 1 is 1.03 bits per heavy atom. The van der Waals surface area contributed by atoms with Gasteiger partial charge in [0.05, 0.1) is 27.5 Å². The van der Waals surface area contributed by atoms with Gasteiger partial charge < -0.3 is 28.4 Å². The fraction of sp³-hybridized carbons (Fsp3) is 0.130. The molecule has 0 radical (unpaired) electrons. The van der Waals surface area contributed by atoms with Crippen LogP contribution < -0.4 is 78.9 Å². The zero-order valence-corrected chi connectivity index (χ0v) is 24.0. The first-order valence-electron chi connectivity index (χ1n) is 9.82. The Morgan fingerprint density at radius 3 is 2.31 bits per heavy atom. The quantitative estimate of drug-likeness (QED) is 0.176. The van der Waals surface area contributed by atoms with Gasteiger partial charge in [-0.15, -0.1) is 0 Å². The number of para-hydroxylation sites is 1. The fourth-order valence-corrected chi connectivity index (χ4v) is 4.37. The van der Waals surface area contributed by atoms with Gasteiger partial charge in [0, 0.05) is 17.0 Å². The second kappa shape index (κ2) is 12.3. The molecule has 2 heterocycles. The first-order valence-corrected chi connectivity index (χ1v) is 10.9. The molecule has 0 aliphatic heterocycles. The van der Waals surface area contributed by atoms with E-state index < -0.39 is 39.9 Å². The molecule has 4 aromatic rings. The van der Waals surface area contributed by atoms with Crippen LogP contribution in [-0.2, 0) is 17.5 Å². The second-order valence-corrected chi connectivity index (χ2v) is 8.14. The monoisotopic (exact) mass is 511 g/mol. The van der Waals surface area contributed by atoms with Crippen LogP contribution in [0.25, 0.3) is 21.9 Å². The molecule has 35 heavy (non-hydrogen) atoms. The van der Waals surface area contributed by atoms with E-state index in [1.54, 1.807) is 30.3 Å². The molecule has 2 aromatic carbocycles. The summed E-state index contributed by atoms with van der Waals surface area (Å²) in [6.45, 7) is 1.82. The van der Waals surface area contributed by atoms with Crippen molar-refractivity contribution in [3.63, 3.8) is 0 Å². The summed E-state index contributed by atoms with van der Waals surface area (Å²) in [5, 5.41) is 23.2. The predicted octanol–water partition coefficient (Wildman–Crippen LogP) is -4.87. The van der Waals surface area contributed by atoms with E-state index in [0.29, 0.717) is 12.0 Å². The SMILES string of the molecule is CCCc1c2nc(C(=O)[O-])cc(S(=O)Oc3ccccc3)c2cc2c(=O)cc(C(=O)[O-])oc12.[Na+].[Na+]. The van der Waals surface area contributed by atoms with Crippen LogP contribution in [0.15, 0.2) is 62.6 Å². The maximum absolute atomic E-state index is 13.1. The standard InChI is InChI=1S/C23H17NO8S.2Na/c1-2-6-13-20-15(9-14-17(25)11-18(23(28)29)31-21(13)14)19(10-16(24-20)22(26)27)33(30)32-12-7-4-3-5-8-12;;/h3-5,7-11H,2,6H2,1H3,(H,26,27)(H,28,29);;/q;2*+1/p-2. The first kappa shape index (κ1) is 29.2. The average molecular weight is 511 g/mol. The van der Waals surface area contributed by atoms with Gasteiger partial charge in [-0.05, 0) is 30.7 Å². The van der Waals surface area contributed by atoms with Gasteiger partial charge in [-0.25, -0.2) is 9.19 Å². The molecule has 12 heteroatoms. The number of fused-ring (bicyclic) bond motifs is 2. The van der Waals surface area contributed by atoms with Crippen molar-refractivity contribution in [3.05, 3.63) is 75.8 Å². The van der Waals surface area contributed by atoms with Gasteiger partial charge in [-0.3, -0.25) is 4.79 Å². The smallest absolute Gasteiger partial charge is 0.543 e. The zero-order valence-electron chi connectivity index (χ0n) is 19.2. The Balaban J connectivity index is 0.00000216. The van der Waals surface area contributed by atoms with E-state index in [0.717, 1.165) is 12.1 Å². The Morgan fingerprint density at radius 2 is 1.71 bits per heavy atom. The number of carbonyl (C=O) groups excluding carboxylic acids is 2. The Hall–Kier alpha value is -2.05. The molecule has 0 aliphatic carbocycles. The van der Waals surface area contributed by atoms with Crippen molar-refractivity contribution in [1.29, 1.82) is 0 Å². The van der Waals surface area contributed by atoms with E-state index >= 15 is 0 Å². The van der Waals surface area contributed by atoms with E-state index in [1.165, 1.54) is 6.07 Å². The number of benzene rings is 2. The minimum absolute atomic E-state index is 0. The van der Waals surface area contributed by atoms with Crippen molar-refractivity contribution in [2.24, 2.45) is 0 Å². The van der Waals surface area contributed by atoms with Crippen molar-refractivity contribution in [2.75, 3.05) is 0 Å². The van der Waals surface area contributed by atoms with E-state index in [9.17, 15) is 28.8 Å². The predicted molar refractivity (Wildman–Crippen MR) is 114 cm³/mol. The van der Waals surface area contributed by atoms with Crippen molar-refractivity contribution in [2.45, 2.75) is 24.7 Å². The summed E-state index contributed by atoms with van der Waals surface area (Å²) < 4.78 is 24.0. The number of nitrogens with zero attached hydrogens (tertiary/aromatic N) is 1. The Bertz CT molecular complexity index is 1500.